The molecule has 0 aliphatic carbocycles. The van der Waals surface area contributed by atoms with Gasteiger partial charge in [-0.25, -0.2) is 0 Å². The van der Waals surface area contributed by atoms with Crippen LogP contribution < -0.4 is 0 Å². The van der Waals surface area contributed by atoms with E-state index < -0.39 is 0 Å². The molecule has 2 nitrogen and oxygen atoms in total. The summed E-state index contributed by atoms with van der Waals surface area (Å²) < 4.78 is 4.75. The lowest BCUT2D eigenvalue weighted by Crippen LogP contribution is -1.99. The number of para-hydroxylation sites is 3. The highest BCUT2D eigenvalue weighted by atomic mass is 15.0. The van der Waals surface area contributed by atoms with Crippen molar-refractivity contribution in [2.24, 2.45) is 0 Å². The maximum absolute atomic E-state index is 2.42. The molecule has 2 aromatic heterocycles. The minimum absolute atomic E-state index is 1.07. The second-order valence-electron chi connectivity index (χ2n) is 8.09. The Kier molecular flexibility index (Phi) is 8.16. The molecule has 0 atom stereocenters. The first-order chi connectivity index (χ1) is 16.1. The summed E-state index contributed by atoms with van der Waals surface area (Å²) in [6, 6.07) is 27.8. The second kappa shape index (κ2) is 11.0. The Bertz CT molecular complexity index is 1320. The van der Waals surface area contributed by atoms with Crippen LogP contribution in [0.3, 0.4) is 0 Å². The van der Waals surface area contributed by atoms with Crippen LogP contribution in [-0.4, -0.2) is 9.13 Å². The highest BCUT2D eigenvalue weighted by Crippen LogP contribution is 2.28. The number of aromatic nitrogens is 2. The number of hydrogen-bond acceptors (Lipinski definition) is 0. The van der Waals surface area contributed by atoms with Crippen molar-refractivity contribution in [3.63, 3.8) is 0 Å². The molecule has 3 aromatic carbocycles. The van der Waals surface area contributed by atoms with E-state index in [0.717, 1.165) is 13.0 Å². The van der Waals surface area contributed by atoms with Crippen molar-refractivity contribution in [2.75, 3.05) is 0 Å². The predicted molar refractivity (Wildman–Crippen MR) is 146 cm³/mol. The summed E-state index contributed by atoms with van der Waals surface area (Å²) in [7, 11) is 0. The van der Waals surface area contributed by atoms with Gasteiger partial charge in [-0.2, -0.15) is 0 Å². The number of rotatable bonds is 3. The minimum atomic E-state index is 1.07. The standard InChI is InChI=1S/C16H15N.C13H17N.C2H6/c1-12-13(2)17(14-8-4-3-5-9-14)16-11-7-6-10-15(12)16;1-4-12-10(3)11-8-6-7-9-13(11)14(12)5-2;1-2/h3-11H,1-2H3;6-9H,4-5H2,1-3H3;1-2H3. The fourth-order valence-electron chi connectivity index (χ4n) is 4.79. The highest BCUT2D eigenvalue weighted by molar-refractivity contribution is 5.87. The van der Waals surface area contributed by atoms with Crippen molar-refractivity contribution in [2.45, 2.75) is 61.4 Å². The lowest BCUT2D eigenvalue weighted by atomic mass is 10.1. The van der Waals surface area contributed by atoms with Gasteiger partial charge in [-0.3, -0.25) is 0 Å². The van der Waals surface area contributed by atoms with Gasteiger partial charge in [-0.15, -0.1) is 0 Å². The first-order valence-corrected chi connectivity index (χ1v) is 12.3. The molecule has 172 valence electrons. The SMILES string of the molecule is CC.CCc1c(C)c2ccccc2n1CC.Cc1c(C)n(-c2ccccc2)c2ccccc12. The van der Waals surface area contributed by atoms with Gasteiger partial charge >= 0.3 is 0 Å². The van der Waals surface area contributed by atoms with Gasteiger partial charge in [0, 0.05) is 39.9 Å². The molecule has 0 saturated heterocycles. The van der Waals surface area contributed by atoms with E-state index in [0.29, 0.717) is 0 Å². The average Bonchev–Trinajstić information content (AvgIpc) is 3.31. The molecule has 0 fully saturated rings. The third-order valence-corrected chi connectivity index (χ3v) is 6.45. The van der Waals surface area contributed by atoms with E-state index in [1.807, 2.05) is 13.8 Å². The first kappa shape index (κ1) is 24.4. The molecule has 0 unspecified atom stereocenters. The van der Waals surface area contributed by atoms with E-state index >= 15 is 0 Å². The molecular formula is C31H38N2. The van der Waals surface area contributed by atoms with Gasteiger partial charge in [0.15, 0.2) is 0 Å². The summed E-state index contributed by atoms with van der Waals surface area (Å²) in [5.41, 5.74) is 9.51. The molecule has 33 heavy (non-hydrogen) atoms. The third-order valence-electron chi connectivity index (χ3n) is 6.45. The van der Waals surface area contributed by atoms with Crippen LogP contribution in [0.1, 0.15) is 50.2 Å². The Morgan fingerprint density at radius 1 is 0.606 bits per heavy atom. The van der Waals surface area contributed by atoms with Crippen LogP contribution in [0.15, 0.2) is 78.9 Å². The van der Waals surface area contributed by atoms with E-state index in [4.69, 9.17) is 0 Å². The Morgan fingerprint density at radius 2 is 1.12 bits per heavy atom. The first-order valence-electron chi connectivity index (χ1n) is 12.3. The van der Waals surface area contributed by atoms with Crippen molar-refractivity contribution < 1.29 is 0 Å². The van der Waals surface area contributed by atoms with Crippen LogP contribution in [0.4, 0.5) is 0 Å². The Balaban J connectivity index is 0.000000176. The van der Waals surface area contributed by atoms with Crippen LogP contribution in [0.25, 0.3) is 27.5 Å². The molecule has 0 amide bonds. The highest BCUT2D eigenvalue weighted by Gasteiger charge is 2.11. The monoisotopic (exact) mass is 438 g/mol. The molecule has 0 N–H and O–H groups in total. The molecule has 0 saturated carbocycles. The van der Waals surface area contributed by atoms with Crippen LogP contribution >= 0.6 is 0 Å². The molecule has 0 aliphatic rings. The average molecular weight is 439 g/mol. The molecule has 5 aromatic rings. The molecule has 0 spiro atoms. The molecule has 5 rings (SSSR count). The van der Waals surface area contributed by atoms with E-state index in [9.17, 15) is 0 Å². The zero-order valence-corrected chi connectivity index (χ0v) is 21.3. The molecule has 0 aliphatic heterocycles. The summed E-state index contributed by atoms with van der Waals surface area (Å²) in [6.45, 7) is 16.1. The van der Waals surface area contributed by atoms with E-state index in [2.05, 4.69) is 123 Å². The van der Waals surface area contributed by atoms with Crippen molar-refractivity contribution >= 4 is 21.8 Å². The molecule has 0 radical (unpaired) electrons. The number of fused-ring (bicyclic) bond motifs is 2. The lowest BCUT2D eigenvalue weighted by molar-refractivity contribution is 0.741. The fourth-order valence-corrected chi connectivity index (χ4v) is 4.79. The van der Waals surface area contributed by atoms with Gasteiger partial charge < -0.3 is 9.13 Å². The quantitative estimate of drug-likeness (QED) is 0.266. The van der Waals surface area contributed by atoms with Crippen molar-refractivity contribution in [1.29, 1.82) is 0 Å². The summed E-state index contributed by atoms with van der Waals surface area (Å²) >= 11 is 0. The van der Waals surface area contributed by atoms with Crippen molar-refractivity contribution in [1.82, 2.24) is 9.13 Å². The van der Waals surface area contributed by atoms with Gasteiger partial charge in [0.2, 0.25) is 0 Å². The normalized spacial score (nSPS) is 10.5. The maximum Gasteiger partial charge on any atom is 0.0534 e. The van der Waals surface area contributed by atoms with Crippen molar-refractivity contribution in [3.8, 4) is 5.69 Å². The predicted octanol–water partition coefficient (Wildman–Crippen LogP) is 8.81. The van der Waals surface area contributed by atoms with Gasteiger partial charge in [-0.1, -0.05) is 75.4 Å². The minimum Gasteiger partial charge on any atom is -0.345 e. The molecule has 2 heterocycles. The Hall–Kier alpha value is -3.26. The van der Waals surface area contributed by atoms with Gasteiger partial charge in [-0.05, 0) is 69.5 Å². The summed E-state index contributed by atoms with van der Waals surface area (Å²) in [6.07, 6.45) is 1.12. The van der Waals surface area contributed by atoms with Gasteiger partial charge in [0.05, 0.1) is 5.52 Å². The molecular weight excluding hydrogens is 400 g/mol. The van der Waals surface area contributed by atoms with E-state index in [1.54, 1.807) is 0 Å². The summed E-state index contributed by atoms with van der Waals surface area (Å²) in [4.78, 5) is 0. The number of aryl methyl sites for hydroxylation is 3. The van der Waals surface area contributed by atoms with Gasteiger partial charge in [0.25, 0.3) is 0 Å². The summed E-state index contributed by atoms with van der Waals surface area (Å²) in [5, 5.41) is 2.75. The van der Waals surface area contributed by atoms with Crippen LogP contribution in [0.2, 0.25) is 0 Å². The third kappa shape index (κ3) is 4.61. The zero-order chi connectivity index (χ0) is 24.0. The van der Waals surface area contributed by atoms with E-state index in [1.165, 1.54) is 50.0 Å². The Morgan fingerprint density at radius 3 is 1.70 bits per heavy atom. The second-order valence-corrected chi connectivity index (χ2v) is 8.09. The topological polar surface area (TPSA) is 9.86 Å². The summed E-state index contributed by atoms with van der Waals surface area (Å²) in [5.74, 6) is 0. The number of nitrogens with zero attached hydrogens (tertiary/aromatic N) is 2. The maximum atomic E-state index is 2.42. The zero-order valence-electron chi connectivity index (χ0n) is 21.3. The number of hydrogen-bond donors (Lipinski definition) is 0. The fraction of sp³-hybridized carbons (Fsp3) is 0.290. The smallest absolute Gasteiger partial charge is 0.0534 e. The molecule has 0 bridgehead atoms. The van der Waals surface area contributed by atoms with Gasteiger partial charge in [0.1, 0.15) is 0 Å². The number of benzene rings is 3. The lowest BCUT2D eigenvalue weighted by Gasteiger charge is -2.08. The van der Waals surface area contributed by atoms with Crippen LogP contribution in [0.5, 0.6) is 0 Å². The van der Waals surface area contributed by atoms with E-state index in [-0.39, 0.29) is 0 Å². The van der Waals surface area contributed by atoms with Crippen molar-refractivity contribution in [3.05, 3.63) is 101 Å². The van der Waals surface area contributed by atoms with Crippen LogP contribution in [-0.2, 0) is 13.0 Å². The van der Waals surface area contributed by atoms with Crippen LogP contribution in [0, 0.1) is 20.8 Å². The Labute approximate surface area is 199 Å². The largest absolute Gasteiger partial charge is 0.345 e. The molecule has 2 heteroatoms.